The molecule has 1 N–H and O–H groups in total. The predicted molar refractivity (Wildman–Crippen MR) is 85.0 cm³/mol. The number of pyridine rings is 1. The van der Waals surface area contributed by atoms with E-state index in [0.29, 0.717) is 11.5 Å². The van der Waals surface area contributed by atoms with E-state index >= 15 is 0 Å². The molecule has 3 rings (SSSR count). The highest BCUT2D eigenvalue weighted by Crippen LogP contribution is 2.14. The first-order chi connectivity index (χ1) is 11.1. The summed E-state index contributed by atoms with van der Waals surface area (Å²) in [5, 5.41) is 8.85. The maximum atomic E-state index is 10.8. The van der Waals surface area contributed by atoms with E-state index in [4.69, 9.17) is 5.11 Å². The molecule has 0 spiro atoms. The van der Waals surface area contributed by atoms with Crippen molar-refractivity contribution < 1.29 is 9.90 Å². The van der Waals surface area contributed by atoms with Gasteiger partial charge in [0.05, 0.1) is 5.56 Å². The number of carboxylic acid groups (broad SMARTS) is 1. The van der Waals surface area contributed by atoms with Gasteiger partial charge in [-0.2, -0.15) is 0 Å². The summed E-state index contributed by atoms with van der Waals surface area (Å²) in [4.78, 5) is 28.0. The van der Waals surface area contributed by atoms with Gasteiger partial charge in [-0.3, -0.25) is 9.88 Å². The molecule has 0 radical (unpaired) electrons. The van der Waals surface area contributed by atoms with Crippen LogP contribution >= 0.6 is 0 Å². The van der Waals surface area contributed by atoms with Crippen molar-refractivity contribution in [2.45, 2.75) is 6.54 Å². The van der Waals surface area contributed by atoms with Gasteiger partial charge in [0.25, 0.3) is 0 Å². The van der Waals surface area contributed by atoms with Gasteiger partial charge < -0.3 is 10.0 Å². The molecular weight excluding hydrogens is 294 g/mol. The number of likely N-dealkylation sites (N-methyl/N-ethyl adjacent to an activating group) is 1. The average molecular weight is 313 g/mol. The van der Waals surface area contributed by atoms with Crippen LogP contribution in [-0.2, 0) is 6.54 Å². The van der Waals surface area contributed by atoms with Crippen molar-refractivity contribution >= 4 is 5.97 Å². The summed E-state index contributed by atoms with van der Waals surface area (Å²) in [5.41, 5.74) is 1.87. The fourth-order valence-corrected chi connectivity index (χ4v) is 2.49. The van der Waals surface area contributed by atoms with E-state index in [1.54, 1.807) is 0 Å². The smallest absolute Gasteiger partial charge is 0.338 e. The molecule has 7 nitrogen and oxygen atoms in total. The van der Waals surface area contributed by atoms with Crippen LogP contribution in [-0.4, -0.2) is 69.1 Å². The minimum atomic E-state index is -1.04. The van der Waals surface area contributed by atoms with Crippen molar-refractivity contribution in [3.63, 3.8) is 0 Å². The van der Waals surface area contributed by atoms with Gasteiger partial charge in [-0.1, -0.05) is 6.07 Å². The van der Waals surface area contributed by atoms with Crippen LogP contribution in [0, 0.1) is 0 Å². The zero-order chi connectivity index (χ0) is 16.2. The van der Waals surface area contributed by atoms with Crippen LogP contribution in [0.15, 0.2) is 30.7 Å². The number of rotatable bonds is 4. The Kier molecular flexibility index (Phi) is 4.59. The van der Waals surface area contributed by atoms with E-state index in [9.17, 15) is 4.79 Å². The summed E-state index contributed by atoms with van der Waals surface area (Å²) in [6.07, 6.45) is 4.43. The molecule has 0 saturated carbocycles. The van der Waals surface area contributed by atoms with Gasteiger partial charge >= 0.3 is 5.97 Å². The van der Waals surface area contributed by atoms with E-state index in [1.807, 2.05) is 18.3 Å². The number of nitrogens with zero attached hydrogens (tertiary/aromatic N) is 5. The Hall–Kier alpha value is -2.38. The van der Waals surface area contributed by atoms with Gasteiger partial charge in [-0.05, 0) is 18.7 Å². The molecule has 0 bridgehead atoms. The Labute approximate surface area is 134 Å². The molecule has 120 valence electrons. The van der Waals surface area contributed by atoms with Gasteiger partial charge in [0.1, 0.15) is 5.69 Å². The third-order valence-electron chi connectivity index (χ3n) is 3.95. The van der Waals surface area contributed by atoms with Crippen LogP contribution in [0.1, 0.15) is 15.9 Å². The van der Waals surface area contributed by atoms with Crippen molar-refractivity contribution in [2.24, 2.45) is 0 Å². The molecule has 23 heavy (non-hydrogen) atoms. The highest BCUT2D eigenvalue weighted by Gasteiger charge is 2.14. The summed E-state index contributed by atoms with van der Waals surface area (Å²) in [7, 11) is 2.14. The highest BCUT2D eigenvalue weighted by molar-refractivity contribution is 5.86. The van der Waals surface area contributed by atoms with Crippen molar-refractivity contribution in [1.29, 1.82) is 0 Å². The summed E-state index contributed by atoms with van der Waals surface area (Å²) < 4.78 is 0. The third-order valence-corrected chi connectivity index (χ3v) is 3.95. The van der Waals surface area contributed by atoms with Crippen molar-refractivity contribution in [2.75, 3.05) is 33.2 Å². The molecule has 0 aromatic carbocycles. The molecule has 1 aliphatic rings. The molecule has 0 atom stereocenters. The number of carbonyl (C=O) groups is 1. The molecular formula is C16H19N5O2. The Morgan fingerprint density at radius 3 is 2.35 bits per heavy atom. The number of aromatic carboxylic acids is 1. The van der Waals surface area contributed by atoms with Crippen molar-refractivity contribution in [3.05, 3.63) is 41.9 Å². The van der Waals surface area contributed by atoms with Crippen LogP contribution in [0.2, 0.25) is 0 Å². The minimum absolute atomic E-state index is 0.0698. The van der Waals surface area contributed by atoms with Crippen molar-refractivity contribution in [1.82, 2.24) is 24.8 Å². The van der Waals surface area contributed by atoms with E-state index in [1.165, 1.54) is 12.4 Å². The maximum absolute atomic E-state index is 10.8. The molecule has 0 amide bonds. The maximum Gasteiger partial charge on any atom is 0.338 e. The Morgan fingerprint density at radius 2 is 1.78 bits per heavy atom. The van der Waals surface area contributed by atoms with Crippen LogP contribution in [0.25, 0.3) is 11.5 Å². The summed E-state index contributed by atoms with van der Waals surface area (Å²) >= 11 is 0. The largest absolute Gasteiger partial charge is 0.478 e. The number of hydrogen-bond acceptors (Lipinski definition) is 6. The fraction of sp³-hybridized carbons (Fsp3) is 0.375. The molecule has 0 aliphatic carbocycles. The molecule has 0 unspecified atom stereocenters. The number of carboxylic acids is 1. The summed E-state index contributed by atoms with van der Waals surface area (Å²) in [5.74, 6) is -0.604. The van der Waals surface area contributed by atoms with E-state index in [0.717, 1.165) is 38.3 Å². The molecule has 1 fully saturated rings. The zero-order valence-corrected chi connectivity index (χ0v) is 13.0. The van der Waals surface area contributed by atoms with Gasteiger partial charge in [0.15, 0.2) is 5.82 Å². The van der Waals surface area contributed by atoms with E-state index < -0.39 is 5.97 Å². The highest BCUT2D eigenvalue weighted by atomic mass is 16.4. The number of hydrogen-bond donors (Lipinski definition) is 1. The van der Waals surface area contributed by atoms with Crippen LogP contribution in [0.4, 0.5) is 0 Å². The summed E-state index contributed by atoms with van der Waals surface area (Å²) in [6, 6.07) is 3.90. The molecule has 1 aliphatic heterocycles. The fourth-order valence-electron chi connectivity index (χ4n) is 2.49. The minimum Gasteiger partial charge on any atom is -0.478 e. The van der Waals surface area contributed by atoms with Crippen LogP contribution < -0.4 is 0 Å². The van der Waals surface area contributed by atoms with Gasteiger partial charge in [-0.15, -0.1) is 0 Å². The van der Waals surface area contributed by atoms with Crippen LogP contribution in [0.3, 0.4) is 0 Å². The first kappa shape index (κ1) is 15.5. The van der Waals surface area contributed by atoms with Gasteiger partial charge in [-0.25, -0.2) is 14.8 Å². The molecule has 2 aromatic rings. The Morgan fingerprint density at radius 1 is 1.09 bits per heavy atom. The first-order valence-electron chi connectivity index (χ1n) is 7.53. The molecule has 3 heterocycles. The van der Waals surface area contributed by atoms with Gasteiger partial charge in [0.2, 0.25) is 0 Å². The lowest BCUT2D eigenvalue weighted by Crippen LogP contribution is -2.43. The predicted octanol–water partition coefficient (Wildman–Crippen LogP) is 0.984. The normalized spacial score (nSPS) is 16.4. The molecule has 1 saturated heterocycles. The monoisotopic (exact) mass is 313 g/mol. The standard InChI is InChI=1S/C16H19N5O2/c1-20-4-6-21(7-5-20)11-12-2-3-14(17-8-12)15-18-9-13(10-19-15)16(22)23/h2-3,8-10H,4-7,11H2,1H3,(H,22,23). The lowest BCUT2D eigenvalue weighted by Gasteiger charge is -2.32. The SMILES string of the molecule is CN1CCN(Cc2ccc(-c3ncc(C(=O)O)cn3)nc2)CC1. The molecule has 7 heteroatoms. The summed E-state index contributed by atoms with van der Waals surface area (Å²) in [6.45, 7) is 5.21. The Bertz CT molecular complexity index is 664. The van der Waals surface area contributed by atoms with Crippen LogP contribution in [0.5, 0.6) is 0 Å². The second-order valence-electron chi connectivity index (χ2n) is 5.73. The Balaban J connectivity index is 1.65. The van der Waals surface area contributed by atoms with Gasteiger partial charge in [0, 0.05) is 51.3 Å². The molecule has 2 aromatic heterocycles. The number of aromatic nitrogens is 3. The van der Waals surface area contributed by atoms with Crippen molar-refractivity contribution in [3.8, 4) is 11.5 Å². The second-order valence-corrected chi connectivity index (χ2v) is 5.73. The second kappa shape index (κ2) is 6.80. The zero-order valence-electron chi connectivity index (χ0n) is 13.0. The van der Waals surface area contributed by atoms with E-state index in [-0.39, 0.29) is 5.56 Å². The average Bonchev–Trinajstić information content (AvgIpc) is 2.58. The number of piperazine rings is 1. The van der Waals surface area contributed by atoms with E-state index in [2.05, 4.69) is 31.8 Å². The third kappa shape index (κ3) is 3.88. The first-order valence-corrected chi connectivity index (χ1v) is 7.53. The lowest BCUT2D eigenvalue weighted by atomic mass is 10.2. The quantitative estimate of drug-likeness (QED) is 0.901. The lowest BCUT2D eigenvalue weighted by molar-refractivity contribution is 0.0696. The topological polar surface area (TPSA) is 82.5 Å².